The third-order valence-corrected chi connectivity index (χ3v) is 7.73. The molecule has 1 aliphatic rings. The number of nitriles is 1. The molecule has 178 valence electrons. The first-order valence-electron chi connectivity index (χ1n) is 11.0. The van der Waals surface area contributed by atoms with E-state index >= 15 is 0 Å². The summed E-state index contributed by atoms with van der Waals surface area (Å²) in [4.78, 5) is 23.1. The van der Waals surface area contributed by atoms with Crippen LogP contribution in [0, 0.1) is 23.0 Å². The fourth-order valence-electron chi connectivity index (χ4n) is 4.39. The second-order valence-corrected chi connectivity index (χ2v) is 10.1. The van der Waals surface area contributed by atoms with Gasteiger partial charge in [-0.3, -0.25) is 9.36 Å². The van der Waals surface area contributed by atoms with Gasteiger partial charge in [-0.2, -0.15) is 5.26 Å². The summed E-state index contributed by atoms with van der Waals surface area (Å²) in [6.07, 6.45) is 3.15. The summed E-state index contributed by atoms with van der Waals surface area (Å²) in [7, 11) is 0. The Hall–Kier alpha value is -3.87. The van der Waals surface area contributed by atoms with Crippen LogP contribution in [0.25, 0.3) is 31.7 Å². The molecule has 5 aromatic rings. The van der Waals surface area contributed by atoms with Crippen LogP contribution in [0.4, 0.5) is 8.78 Å². The molecule has 0 bridgehead atoms. The predicted octanol–water partition coefficient (Wildman–Crippen LogP) is 6.11. The van der Waals surface area contributed by atoms with E-state index in [1.807, 2.05) is 6.07 Å². The van der Waals surface area contributed by atoms with E-state index in [1.165, 1.54) is 22.9 Å². The van der Waals surface area contributed by atoms with E-state index in [2.05, 4.69) is 4.98 Å². The quantitative estimate of drug-likeness (QED) is 0.309. The molecule has 3 heterocycles. The molecule has 0 spiro atoms. The Kier molecular flexibility index (Phi) is 5.25. The summed E-state index contributed by atoms with van der Waals surface area (Å²) in [5.41, 5.74) is 1.39. The average molecular weight is 521 g/mol. The maximum atomic E-state index is 14.5. The van der Waals surface area contributed by atoms with E-state index < -0.39 is 17.2 Å². The Morgan fingerprint density at radius 1 is 1.19 bits per heavy atom. The summed E-state index contributed by atoms with van der Waals surface area (Å²) in [6, 6.07) is 10.6. The normalized spacial score (nSPS) is 13.4. The van der Waals surface area contributed by atoms with Crippen LogP contribution >= 0.6 is 22.9 Å². The molecule has 6 rings (SSSR count). The van der Waals surface area contributed by atoms with Crippen LogP contribution in [0.3, 0.4) is 0 Å². The number of hydrogen-bond acceptors (Lipinski definition) is 6. The molecule has 3 aromatic heterocycles. The van der Waals surface area contributed by atoms with Gasteiger partial charge >= 0.3 is 0 Å². The van der Waals surface area contributed by atoms with Crippen molar-refractivity contribution in [2.45, 2.75) is 25.3 Å². The van der Waals surface area contributed by atoms with Crippen LogP contribution in [0.15, 0.2) is 47.4 Å². The molecule has 0 atom stereocenters. The number of benzene rings is 2. The molecular weight excluding hydrogens is 506 g/mol. The number of aromatic hydroxyl groups is 1. The van der Waals surface area contributed by atoms with Gasteiger partial charge in [0.25, 0.3) is 5.56 Å². The summed E-state index contributed by atoms with van der Waals surface area (Å²) < 4.78 is 30.5. The summed E-state index contributed by atoms with van der Waals surface area (Å²) in [5.74, 6) is -1.88. The number of fused-ring (bicyclic) bond motifs is 3. The summed E-state index contributed by atoms with van der Waals surface area (Å²) >= 11 is 7.19. The lowest BCUT2D eigenvalue weighted by molar-refractivity contribution is 0.483. The molecule has 0 saturated heterocycles. The molecule has 1 N–H and O–H groups in total. The van der Waals surface area contributed by atoms with E-state index in [4.69, 9.17) is 21.8 Å². The summed E-state index contributed by atoms with van der Waals surface area (Å²) in [5, 5.41) is 20.5. The SMILES string of the molecule is N#Cc1ccc(Cn2c(-c3cc(F)c(F)cc3C3CC3)nc3sc4c(O)c(Cl)ccc4c3c2=O)cn1. The first kappa shape index (κ1) is 22.6. The molecule has 1 fully saturated rings. The minimum atomic E-state index is -1.03. The number of rotatable bonds is 4. The van der Waals surface area contributed by atoms with Gasteiger partial charge in [0.05, 0.1) is 21.7 Å². The van der Waals surface area contributed by atoms with Gasteiger partial charge in [0.15, 0.2) is 17.4 Å². The molecule has 0 aliphatic heterocycles. The number of phenols is 1. The lowest BCUT2D eigenvalue weighted by Gasteiger charge is -2.16. The van der Waals surface area contributed by atoms with Crippen molar-refractivity contribution < 1.29 is 13.9 Å². The van der Waals surface area contributed by atoms with Crippen molar-refractivity contribution in [3.05, 3.63) is 86.4 Å². The van der Waals surface area contributed by atoms with Crippen LogP contribution in [-0.2, 0) is 6.54 Å². The molecule has 1 saturated carbocycles. The monoisotopic (exact) mass is 520 g/mol. The zero-order valence-electron chi connectivity index (χ0n) is 18.4. The minimum absolute atomic E-state index is 0.0375. The molecular formula is C26H15ClF2N4O2S. The standard InChI is InChI=1S/C26H15ClF2N4O2S/c27-18-6-5-15-21-25(36-23(15)22(18)34)32-24(17-8-20(29)19(28)7-16(17)13-2-3-13)33(26(21)35)11-12-1-4-14(9-30)31-10-12/h1,4-8,10,13,34H,2-3,11H2. The van der Waals surface area contributed by atoms with Crippen molar-refractivity contribution >= 4 is 43.2 Å². The Morgan fingerprint density at radius 2 is 1.97 bits per heavy atom. The number of thiophene rings is 1. The van der Waals surface area contributed by atoms with E-state index in [9.17, 15) is 18.7 Å². The molecule has 36 heavy (non-hydrogen) atoms. The van der Waals surface area contributed by atoms with Gasteiger partial charge in [0, 0.05) is 17.1 Å². The van der Waals surface area contributed by atoms with Gasteiger partial charge in [0.2, 0.25) is 0 Å². The largest absolute Gasteiger partial charge is 0.505 e. The van der Waals surface area contributed by atoms with Gasteiger partial charge in [-0.1, -0.05) is 23.7 Å². The first-order valence-corrected chi connectivity index (χ1v) is 12.2. The number of hydrogen-bond donors (Lipinski definition) is 1. The van der Waals surface area contributed by atoms with E-state index in [0.29, 0.717) is 37.0 Å². The smallest absolute Gasteiger partial charge is 0.263 e. The highest BCUT2D eigenvalue weighted by atomic mass is 35.5. The first-order chi connectivity index (χ1) is 17.4. The maximum absolute atomic E-state index is 14.5. The third kappa shape index (κ3) is 3.61. The molecule has 0 amide bonds. The highest BCUT2D eigenvalue weighted by molar-refractivity contribution is 7.25. The Balaban J connectivity index is 1.67. The second-order valence-electron chi connectivity index (χ2n) is 8.67. The highest BCUT2D eigenvalue weighted by Gasteiger charge is 2.30. The Labute approximate surface area is 211 Å². The van der Waals surface area contributed by atoms with Crippen LogP contribution in [-0.4, -0.2) is 19.6 Å². The molecule has 10 heteroatoms. The topological polar surface area (TPSA) is 91.8 Å². The Morgan fingerprint density at radius 3 is 2.67 bits per heavy atom. The number of aromatic nitrogens is 3. The number of halogens is 3. The zero-order chi connectivity index (χ0) is 25.1. The molecule has 1 aliphatic carbocycles. The summed E-state index contributed by atoms with van der Waals surface area (Å²) in [6.45, 7) is 0.0375. The zero-order valence-corrected chi connectivity index (χ0v) is 20.0. The fraction of sp³-hybridized carbons (Fsp3) is 0.154. The van der Waals surface area contributed by atoms with Crippen molar-refractivity contribution in [3.8, 4) is 23.2 Å². The van der Waals surface area contributed by atoms with Crippen molar-refractivity contribution in [3.63, 3.8) is 0 Å². The lowest BCUT2D eigenvalue weighted by Crippen LogP contribution is -2.24. The van der Waals surface area contributed by atoms with Gasteiger partial charge in [-0.05, 0) is 54.2 Å². The van der Waals surface area contributed by atoms with Gasteiger partial charge < -0.3 is 5.11 Å². The van der Waals surface area contributed by atoms with Crippen LogP contribution < -0.4 is 5.56 Å². The Bertz CT molecular complexity index is 1800. The number of pyridine rings is 1. The van der Waals surface area contributed by atoms with Crippen LogP contribution in [0.1, 0.15) is 35.6 Å². The van der Waals surface area contributed by atoms with E-state index in [0.717, 1.165) is 30.2 Å². The van der Waals surface area contributed by atoms with Gasteiger partial charge in [-0.15, -0.1) is 11.3 Å². The molecule has 6 nitrogen and oxygen atoms in total. The number of nitrogens with zero attached hydrogens (tertiary/aromatic N) is 4. The molecule has 0 radical (unpaired) electrons. The lowest BCUT2D eigenvalue weighted by atomic mass is 10.0. The third-order valence-electron chi connectivity index (χ3n) is 6.32. The van der Waals surface area contributed by atoms with Crippen LogP contribution in [0.2, 0.25) is 5.02 Å². The van der Waals surface area contributed by atoms with Gasteiger partial charge in [-0.25, -0.2) is 18.7 Å². The molecule has 0 unspecified atom stereocenters. The van der Waals surface area contributed by atoms with Crippen molar-refractivity contribution in [2.24, 2.45) is 0 Å². The second kappa shape index (κ2) is 8.36. The van der Waals surface area contributed by atoms with Crippen molar-refractivity contribution in [1.29, 1.82) is 5.26 Å². The average Bonchev–Trinajstić information content (AvgIpc) is 3.65. The molecule has 2 aromatic carbocycles. The highest BCUT2D eigenvalue weighted by Crippen LogP contribution is 2.46. The predicted molar refractivity (Wildman–Crippen MR) is 133 cm³/mol. The minimum Gasteiger partial charge on any atom is -0.505 e. The van der Waals surface area contributed by atoms with E-state index in [1.54, 1.807) is 18.2 Å². The van der Waals surface area contributed by atoms with Gasteiger partial charge in [0.1, 0.15) is 22.4 Å². The fourth-order valence-corrected chi connectivity index (χ4v) is 5.72. The van der Waals surface area contributed by atoms with Crippen molar-refractivity contribution in [2.75, 3.05) is 0 Å². The van der Waals surface area contributed by atoms with Crippen LogP contribution in [0.5, 0.6) is 5.75 Å². The maximum Gasteiger partial charge on any atom is 0.263 e. The van der Waals surface area contributed by atoms with E-state index in [-0.39, 0.29) is 34.8 Å². The number of phenolic OH excluding ortho intramolecular Hbond substituents is 1. The van der Waals surface area contributed by atoms with Crippen molar-refractivity contribution in [1.82, 2.24) is 14.5 Å².